The first-order valence-corrected chi connectivity index (χ1v) is 14.1. The number of ether oxygens (including phenoxy) is 1. The van der Waals surface area contributed by atoms with Gasteiger partial charge in [0.1, 0.15) is 11.0 Å². The summed E-state index contributed by atoms with van der Waals surface area (Å²) in [6, 6.07) is 26.9. The van der Waals surface area contributed by atoms with E-state index in [1.54, 1.807) is 24.2 Å². The van der Waals surface area contributed by atoms with Crippen LogP contribution in [-0.4, -0.2) is 18.0 Å². The summed E-state index contributed by atoms with van der Waals surface area (Å²) >= 11 is 0. The van der Waals surface area contributed by atoms with Crippen LogP contribution in [0.3, 0.4) is 0 Å². The maximum absolute atomic E-state index is 14.6. The van der Waals surface area contributed by atoms with Gasteiger partial charge in [-0.1, -0.05) is 66.7 Å². The number of nitrogens with zero attached hydrogens (tertiary/aromatic N) is 2. The molecule has 1 atom stereocenters. The molecule has 2 aliphatic rings. The quantitative estimate of drug-likeness (QED) is 0.210. The second-order valence-corrected chi connectivity index (χ2v) is 10.8. The second kappa shape index (κ2) is 13.9. The Morgan fingerprint density at radius 3 is 2.33 bits per heavy atom. The Morgan fingerprint density at radius 1 is 0.913 bits per heavy atom. The van der Waals surface area contributed by atoms with Gasteiger partial charge < -0.3 is 14.3 Å². The number of benzene rings is 4. The summed E-state index contributed by atoms with van der Waals surface area (Å²) in [5, 5.41) is 1.77. The van der Waals surface area contributed by atoms with Crippen molar-refractivity contribution < 1.29 is 74.1 Å². The molecule has 5 aromatic rings. The minimum Gasteiger partial charge on any atom is -0.569 e. The minimum absolute atomic E-state index is 0. The van der Waals surface area contributed by atoms with Gasteiger partial charge in [0.05, 0.1) is 12.4 Å². The van der Waals surface area contributed by atoms with Crippen LogP contribution in [0.25, 0.3) is 6.08 Å². The van der Waals surface area contributed by atoms with E-state index in [2.05, 4.69) is 6.92 Å². The first kappa shape index (κ1) is 33.5. The molecule has 1 heterocycles. The molecule has 2 aliphatic carbocycles. The molecule has 1 aromatic heterocycles. The topological polar surface area (TPSA) is 51.5 Å². The van der Waals surface area contributed by atoms with Crippen molar-refractivity contribution in [3.05, 3.63) is 183 Å². The average Bonchev–Trinajstić information content (AvgIpc) is 3.52. The van der Waals surface area contributed by atoms with Gasteiger partial charge >= 0.3 is 51.4 Å². The van der Waals surface area contributed by atoms with Crippen molar-refractivity contribution in [2.24, 2.45) is 0 Å². The van der Waals surface area contributed by atoms with Crippen molar-refractivity contribution in [1.82, 2.24) is 4.68 Å². The second-order valence-electron chi connectivity index (χ2n) is 10.8. The van der Waals surface area contributed by atoms with Crippen LogP contribution in [0, 0.1) is 24.4 Å². The fourth-order valence-electron chi connectivity index (χ4n) is 6.17. The van der Waals surface area contributed by atoms with Gasteiger partial charge in [-0.2, -0.15) is 18.6 Å². The molecule has 0 N–H and O–H groups in total. The Hall–Kier alpha value is -3.86. The third-order valence-corrected chi connectivity index (χ3v) is 8.12. The molecule has 0 fully saturated rings. The Labute approximate surface area is 307 Å². The van der Waals surface area contributed by atoms with Crippen LogP contribution in [0.5, 0.6) is 5.75 Å². The maximum Gasteiger partial charge on any atom is 1.00 e. The summed E-state index contributed by atoms with van der Waals surface area (Å²) in [5.74, 6) is -2.22. The molecule has 9 heteroatoms. The third-order valence-electron chi connectivity index (χ3n) is 8.12. The number of likely N-dealkylation sites (N-methyl/N-ethyl adjacent to an activating group) is 1. The van der Waals surface area contributed by atoms with Crippen molar-refractivity contribution in [2.45, 2.75) is 18.6 Å². The van der Waals surface area contributed by atoms with E-state index in [9.17, 15) is 22.8 Å². The molecule has 0 spiro atoms. The van der Waals surface area contributed by atoms with E-state index < -0.39 is 22.6 Å². The van der Waals surface area contributed by atoms with E-state index in [4.69, 9.17) is 4.74 Å². The molecule has 1 unspecified atom stereocenters. The molecule has 7 rings (SSSR count). The zero-order valence-corrected chi connectivity index (χ0v) is 28.4. The van der Waals surface area contributed by atoms with Gasteiger partial charge in [-0.25, -0.2) is 13.2 Å². The van der Waals surface area contributed by atoms with Gasteiger partial charge in [0.15, 0.2) is 11.6 Å². The van der Waals surface area contributed by atoms with E-state index in [0.29, 0.717) is 23.1 Å². The average molecular weight is 644 g/mol. The van der Waals surface area contributed by atoms with Gasteiger partial charge in [0.25, 0.3) is 0 Å². The molecule has 226 valence electrons. The summed E-state index contributed by atoms with van der Waals surface area (Å²) in [7, 11) is 1.75. The number of fused-ring (bicyclic) bond motifs is 5. The maximum atomic E-state index is 14.6. The number of hydrogen-bond acceptors (Lipinski definition) is 4. The van der Waals surface area contributed by atoms with E-state index in [1.165, 1.54) is 41.2 Å². The number of hydrogen-bond donors (Lipinski definition) is 0. The largest absolute Gasteiger partial charge is 1.00 e. The van der Waals surface area contributed by atoms with Gasteiger partial charge in [-0.15, -0.1) is 12.1 Å². The van der Waals surface area contributed by atoms with E-state index in [1.807, 2.05) is 67.0 Å². The predicted molar refractivity (Wildman–Crippen MR) is 167 cm³/mol. The van der Waals surface area contributed by atoms with Crippen LogP contribution in [0.4, 0.5) is 13.2 Å². The van der Waals surface area contributed by atoms with Crippen LogP contribution in [-0.2, 0) is 23.4 Å². The number of pyridine rings is 1. The first-order chi connectivity index (χ1) is 21.7. The molecule has 0 saturated carbocycles. The van der Waals surface area contributed by atoms with Crippen LogP contribution in [0.15, 0.2) is 114 Å². The smallest absolute Gasteiger partial charge is 0.569 e. The van der Waals surface area contributed by atoms with Gasteiger partial charge in [-0.05, 0) is 63.7 Å². The Bertz CT molecular complexity index is 1990. The van der Waals surface area contributed by atoms with E-state index >= 15 is 0 Å². The fourth-order valence-corrected chi connectivity index (χ4v) is 6.17. The molecule has 0 aliphatic heterocycles. The summed E-state index contributed by atoms with van der Waals surface area (Å²) in [6.07, 6.45) is 5.78. The van der Waals surface area contributed by atoms with Crippen molar-refractivity contribution in [3.8, 4) is 5.75 Å². The van der Waals surface area contributed by atoms with Crippen molar-refractivity contribution in [2.75, 3.05) is 12.1 Å². The van der Waals surface area contributed by atoms with E-state index in [0.717, 1.165) is 22.3 Å². The fraction of sp³-hybridized carbons (Fsp3) is 0.108. The summed E-state index contributed by atoms with van der Waals surface area (Å²) in [4.78, 5) is 25.1. The van der Waals surface area contributed by atoms with Crippen LogP contribution in [0.1, 0.15) is 39.1 Å². The normalized spacial score (nSPS) is 15.3. The minimum atomic E-state index is -1.03. The molecular weight excluding hydrogens is 617 g/mol. The van der Waals surface area contributed by atoms with Crippen molar-refractivity contribution >= 4 is 12.4 Å². The Kier molecular flexibility index (Phi) is 10.1. The Balaban J connectivity index is 0.000000406. The molecule has 0 bridgehead atoms. The number of rotatable bonds is 6. The summed E-state index contributed by atoms with van der Waals surface area (Å²) in [5.41, 5.74) is 3.90. The summed E-state index contributed by atoms with van der Waals surface area (Å²) in [6.45, 7) is 3.63. The molecule has 46 heavy (non-hydrogen) atoms. The van der Waals surface area contributed by atoms with Gasteiger partial charge in [-0.3, -0.25) is 9.69 Å². The zero-order chi connectivity index (χ0) is 31.7. The standard InChI is InChI=1S/C30H21F2N2O3.C7H6F.K/c1-33(34-12-11-28(36)29(27(34)17-35)37-18-19-7-3-2-4-8-19)30-22(13-20-9-5-6-10-23(20)30)14-21-15-25(31)26(32)16-24(21)30;1-6-3-2-4-7(8)5-6;/h2-13,15-16H,14,18H2,1H3;2-5H,1H2;/q2*-1;+1. The molecule has 5 nitrogen and oxygen atoms in total. The monoisotopic (exact) mass is 643 g/mol. The number of carbonyl (C=O) groups excluding carboxylic acids is 1. The SMILES string of the molecule is CN(n1ccc(=O)c(OCc2ccccc2)c1[C-]=O)C12C(=Cc3ccccc31)Cc1cc(F)c(F)cc12.[CH2-]c1cccc(F)c1.[K+]. The third kappa shape index (κ3) is 6.01. The summed E-state index contributed by atoms with van der Waals surface area (Å²) < 4.78 is 48.3. The molecule has 0 amide bonds. The Morgan fingerprint density at radius 2 is 1.63 bits per heavy atom. The van der Waals surface area contributed by atoms with Crippen molar-refractivity contribution in [1.29, 1.82) is 0 Å². The predicted octanol–water partition coefficient (Wildman–Crippen LogP) is 3.64. The van der Waals surface area contributed by atoms with Crippen LogP contribution in [0.2, 0.25) is 0 Å². The van der Waals surface area contributed by atoms with E-state index in [-0.39, 0.29) is 75.3 Å². The molecule has 4 aromatic carbocycles. The number of aromatic nitrogens is 1. The van der Waals surface area contributed by atoms with Crippen LogP contribution < -0.4 is 66.6 Å². The van der Waals surface area contributed by atoms with Gasteiger partial charge in [0, 0.05) is 25.3 Å². The van der Waals surface area contributed by atoms with Crippen LogP contribution >= 0.6 is 0 Å². The van der Waals surface area contributed by atoms with Gasteiger partial charge in [0.2, 0.25) is 0 Å². The first-order valence-electron chi connectivity index (χ1n) is 14.1. The van der Waals surface area contributed by atoms with Crippen molar-refractivity contribution in [3.63, 3.8) is 0 Å². The number of halogens is 3. The molecule has 0 saturated heterocycles. The zero-order valence-electron chi connectivity index (χ0n) is 25.3. The molecular formula is C37H27F3KN2O3-. The molecule has 0 radical (unpaired) electrons.